The third kappa shape index (κ3) is 3.73. The fourth-order valence-corrected chi connectivity index (χ4v) is 1.48. The SMILES string of the molecule is CC(NCCCC#N)c1cccc(C#N)c1. The van der Waals surface area contributed by atoms with Crippen molar-refractivity contribution in [2.45, 2.75) is 25.8 Å². The fourth-order valence-electron chi connectivity index (χ4n) is 1.48. The van der Waals surface area contributed by atoms with E-state index in [1.807, 2.05) is 18.2 Å². The molecule has 3 heteroatoms. The fraction of sp³-hybridized carbons (Fsp3) is 0.385. The molecule has 0 amide bonds. The van der Waals surface area contributed by atoms with Gasteiger partial charge in [-0.1, -0.05) is 12.1 Å². The molecule has 1 unspecified atom stereocenters. The van der Waals surface area contributed by atoms with Crippen LogP contribution < -0.4 is 5.32 Å². The Hall–Kier alpha value is -1.84. The maximum absolute atomic E-state index is 8.78. The molecule has 0 aromatic heterocycles. The summed E-state index contributed by atoms with van der Waals surface area (Å²) in [6, 6.07) is 12.0. The predicted molar refractivity (Wildman–Crippen MR) is 62.4 cm³/mol. The highest BCUT2D eigenvalue weighted by Gasteiger charge is 2.04. The van der Waals surface area contributed by atoms with E-state index in [0.717, 1.165) is 18.5 Å². The predicted octanol–water partition coefficient (Wildman–Crippen LogP) is 2.51. The van der Waals surface area contributed by atoms with Gasteiger partial charge >= 0.3 is 0 Å². The van der Waals surface area contributed by atoms with E-state index in [0.29, 0.717) is 12.0 Å². The van der Waals surface area contributed by atoms with Crippen LogP contribution in [-0.4, -0.2) is 6.54 Å². The van der Waals surface area contributed by atoms with Gasteiger partial charge in [-0.3, -0.25) is 0 Å². The van der Waals surface area contributed by atoms with Gasteiger partial charge in [-0.25, -0.2) is 0 Å². The van der Waals surface area contributed by atoms with E-state index in [-0.39, 0.29) is 6.04 Å². The Labute approximate surface area is 96.3 Å². The van der Waals surface area contributed by atoms with Crippen molar-refractivity contribution in [2.75, 3.05) is 6.54 Å². The highest BCUT2D eigenvalue weighted by Crippen LogP contribution is 2.13. The minimum atomic E-state index is 0.215. The highest BCUT2D eigenvalue weighted by molar-refractivity contribution is 5.33. The van der Waals surface area contributed by atoms with Crippen LogP contribution in [0.5, 0.6) is 0 Å². The van der Waals surface area contributed by atoms with E-state index in [9.17, 15) is 0 Å². The van der Waals surface area contributed by atoms with E-state index >= 15 is 0 Å². The third-order valence-corrected chi connectivity index (χ3v) is 2.43. The average Bonchev–Trinajstić information content (AvgIpc) is 2.34. The lowest BCUT2D eigenvalue weighted by Gasteiger charge is -2.13. The van der Waals surface area contributed by atoms with Crippen LogP contribution in [0.1, 0.15) is 36.9 Å². The van der Waals surface area contributed by atoms with E-state index in [1.54, 1.807) is 6.07 Å². The molecule has 0 aliphatic heterocycles. The number of benzene rings is 1. The van der Waals surface area contributed by atoms with Crippen molar-refractivity contribution in [2.24, 2.45) is 0 Å². The molecular weight excluding hydrogens is 198 g/mol. The highest BCUT2D eigenvalue weighted by atomic mass is 14.9. The number of rotatable bonds is 5. The molecule has 0 saturated heterocycles. The number of unbranched alkanes of at least 4 members (excludes halogenated alkanes) is 1. The Bertz CT molecular complexity index is 412. The first-order valence-electron chi connectivity index (χ1n) is 5.38. The first kappa shape index (κ1) is 12.2. The Balaban J connectivity index is 2.50. The maximum atomic E-state index is 8.78. The largest absolute Gasteiger partial charge is 0.310 e. The summed E-state index contributed by atoms with van der Waals surface area (Å²) >= 11 is 0. The van der Waals surface area contributed by atoms with E-state index in [2.05, 4.69) is 24.4 Å². The lowest BCUT2D eigenvalue weighted by atomic mass is 10.1. The van der Waals surface area contributed by atoms with Crippen LogP contribution in [0.25, 0.3) is 0 Å². The van der Waals surface area contributed by atoms with Gasteiger partial charge in [0, 0.05) is 12.5 Å². The first-order valence-corrected chi connectivity index (χ1v) is 5.38. The minimum absolute atomic E-state index is 0.215. The first-order chi connectivity index (χ1) is 7.77. The maximum Gasteiger partial charge on any atom is 0.0991 e. The minimum Gasteiger partial charge on any atom is -0.310 e. The van der Waals surface area contributed by atoms with Crippen molar-refractivity contribution in [3.05, 3.63) is 35.4 Å². The number of nitrogens with zero attached hydrogens (tertiary/aromatic N) is 2. The molecule has 1 aromatic carbocycles. The quantitative estimate of drug-likeness (QED) is 0.764. The number of hydrogen-bond acceptors (Lipinski definition) is 3. The van der Waals surface area contributed by atoms with Gasteiger partial charge in [-0.05, 0) is 37.6 Å². The second-order valence-electron chi connectivity index (χ2n) is 3.67. The van der Waals surface area contributed by atoms with Gasteiger partial charge in [0.15, 0.2) is 0 Å². The van der Waals surface area contributed by atoms with Crippen molar-refractivity contribution in [3.8, 4) is 12.1 Å². The van der Waals surface area contributed by atoms with Crippen molar-refractivity contribution >= 4 is 0 Å². The zero-order valence-corrected chi connectivity index (χ0v) is 9.40. The van der Waals surface area contributed by atoms with E-state index in [4.69, 9.17) is 10.5 Å². The molecule has 0 heterocycles. The summed E-state index contributed by atoms with van der Waals surface area (Å²) in [6.07, 6.45) is 1.44. The molecule has 3 nitrogen and oxygen atoms in total. The van der Waals surface area contributed by atoms with Crippen LogP contribution in [0.2, 0.25) is 0 Å². The molecule has 82 valence electrons. The van der Waals surface area contributed by atoms with Gasteiger partial charge in [-0.15, -0.1) is 0 Å². The van der Waals surface area contributed by atoms with Crippen molar-refractivity contribution in [1.82, 2.24) is 5.32 Å². The summed E-state index contributed by atoms with van der Waals surface area (Å²) in [7, 11) is 0. The zero-order valence-electron chi connectivity index (χ0n) is 9.40. The van der Waals surface area contributed by atoms with Crippen LogP contribution in [-0.2, 0) is 0 Å². The van der Waals surface area contributed by atoms with Crippen LogP contribution in [0.3, 0.4) is 0 Å². The summed E-state index contributed by atoms with van der Waals surface area (Å²) in [6.45, 7) is 2.88. The van der Waals surface area contributed by atoms with Crippen molar-refractivity contribution < 1.29 is 0 Å². The standard InChI is InChI=1S/C13H15N3/c1-11(16-8-3-2-7-14)13-6-4-5-12(9-13)10-15/h4-6,9,11,16H,2-3,8H2,1H3. The van der Waals surface area contributed by atoms with Crippen LogP contribution >= 0.6 is 0 Å². The molecule has 0 bridgehead atoms. The normalized spacial score (nSPS) is 11.4. The van der Waals surface area contributed by atoms with Crippen LogP contribution in [0.15, 0.2) is 24.3 Å². The lowest BCUT2D eigenvalue weighted by molar-refractivity contribution is 0.562. The summed E-state index contributed by atoms with van der Waals surface area (Å²) in [5.41, 5.74) is 1.79. The molecule has 0 radical (unpaired) electrons. The molecular formula is C13H15N3. The second kappa shape index (κ2) is 6.61. The molecule has 1 atom stereocenters. The Morgan fingerprint density at radius 2 is 2.19 bits per heavy atom. The van der Waals surface area contributed by atoms with Gasteiger partial charge in [-0.2, -0.15) is 10.5 Å². The smallest absolute Gasteiger partial charge is 0.0991 e. The van der Waals surface area contributed by atoms with E-state index in [1.165, 1.54) is 0 Å². The van der Waals surface area contributed by atoms with Gasteiger partial charge < -0.3 is 5.32 Å². The van der Waals surface area contributed by atoms with E-state index < -0.39 is 0 Å². The average molecular weight is 213 g/mol. The molecule has 0 aliphatic rings. The van der Waals surface area contributed by atoms with Crippen molar-refractivity contribution in [1.29, 1.82) is 10.5 Å². The van der Waals surface area contributed by atoms with Crippen LogP contribution in [0.4, 0.5) is 0 Å². The zero-order chi connectivity index (χ0) is 11.8. The number of hydrogen-bond donors (Lipinski definition) is 1. The van der Waals surface area contributed by atoms with Gasteiger partial charge in [0.05, 0.1) is 17.7 Å². The summed E-state index contributed by atoms with van der Waals surface area (Å²) < 4.78 is 0. The monoisotopic (exact) mass is 213 g/mol. The molecule has 1 rings (SSSR count). The number of nitrogens with one attached hydrogen (secondary N) is 1. The molecule has 0 saturated carbocycles. The topological polar surface area (TPSA) is 59.6 Å². The van der Waals surface area contributed by atoms with Gasteiger partial charge in [0.2, 0.25) is 0 Å². The molecule has 1 N–H and O–H groups in total. The summed E-state index contributed by atoms with van der Waals surface area (Å²) in [4.78, 5) is 0. The Morgan fingerprint density at radius 1 is 1.38 bits per heavy atom. The molecule has 0 aliphatic carbocycles. The second-order valence-corrected chi connectivity index (χ2v) is 3.67. The Kier molecular flexibility index (Phi) is 5.05. The molecule has 0 fully saturated rings. The molecule has 0 spiro atoms. The lowest BCUT2D eigenvalue weighted by Crippen LogP contribution is -2.19. The molecule has 1 aromatic rings. The van der Waals surface area contributed by atoms with Gasteiger partial charge in [0.1, 0.15) is 0 Å². The van der Waals surface area contributed by atoms with Crippen LogP contribution in [0, 0.1) is 22.7 Å². The van der Waals surface area contributed by atoms with Gasteiger partial charge in [0.25, 0.3) is 0 Å². The van der Waals surface area contributed by atoms with Crippen molar-refractivity contribution in [3.63, 3.8) is 0 Å². The number of nitriles is 2. The molecule has 16 heavy (non-hydrogen) atoms. The third-order valence-electron chi connectivity index (χ3n) is 2.43. The summed E-state index contributed by atoms with van der Waals surface area (Å²) in [5, 5.41) is 20.5. The Morgan fingerprint density at radius 3 is 2.88 bits per heavy atom. The summed E-state index contributed by atoms with van der Waals surface area (Å²) in [5.74, 6) is 0.